The van der Waals surface area contributed by atoms with E-state index in [-0.39, 0.29) is 25.9 Å². The fourth-order valence-corrected chi connectivity index (χ4v) is 3.86. The predicted molar refractivity (Wildman–Crippen MR) is 89.2 cm³/mol. The van der Waals surface area contributed by atoms with Gasteiger partial charge in [-0.25, -0.2) is 4.79 Å². The largest absolute Gasteiger partial charge is 0.459 e. The molecule has 1 unspecified atom stereocenters. The Hall–Kier alpha value is -1.20. The zero-order valence-electron chi connectivity index (χ0n) is 14.2. The highest BCUT2D eigenvalue weighted by Crippen LogP contribution is 2.52. The number of hydrogen-bond donors (Lipinski definition) is 1. The molecule has 1 aromatic carbocycles. The van der Waals surface area contributed by atoms with E-state index in [2.05, 4.69) is 5.32 Å². The lowest BCUT2D eigenvalue weighted by atomic mass is 10.2. The second-order valence-corrected chi connectivity index (χ2v) is 7.31. The molecular formula is C16H26NO5P. The molecule has 1 aromatic rings. The van der Waals surface area contributed by atoms with E-state index in [1.165, 1.54) is 0 Å². The Kier molecular flexibility index (Phi) is 8.48. The van der Waals surface area contributed by atoms with E-state index < -0.39 is 19.3 Å². The van der Waals surface area contributed by atoms with Gasteiger partial charge in [0.25, 0.3) is 0 Å². The van der Waals surface area contributed by atoms with Crippen LogP contribution in [0.1, 0.15) is 33.3 Å². The summed E-state index contributed by atoms with van der Waals surface area (Å²) < 4.78 is 28.7. The second-order valence-electron chi connectivity index (χ2n) is 5.19. The number of carbonyl (C=O) groups excluding carboxylic acids is 1. The second kappa shape index (κ2) is 9.83. The van der Waals surface area contributed by atoms with Crippen LogP contribution in [0.25, 0.3) is 0 Å². The van der Waals surface area contributed by atoms with E-state index in [1.807, 2.05) is 44.2 Å². The fraction of sp³-hybridized carbons (Fsp3) is 0.562. The average molecular weight is 343 g/mol. The third kappa shape index (κ3) is 6.43. The average Bonchev–Trinajstić information content (AvgIpc) is 2.51. The molecule has 0 spiro atoms. The van der Waals surface area contributed by atoms with Crippen molar-refractivity contribution in [2.75, 3.05) is 13.2 Å². The van der Waals surface area contributed by atoms with Gasteiger partial charge in [0.15, 0.2) is 0 Å². The molecule has 1 N–H and O–H groups in total. The smallest absolute Gasteiger partial charge is 0.358 e. The summed E-state index contributed by atoms with van der Waals surface area (Å²) in [6.45, 7) is 7.56. The molecule has 0 saturated heterocycles. The van der Waals surface area contributed by atoms with Gasteiger partial charge in [0.05, 0.1) is 13.2 Å². The molecule has 0 amide bonds. The first-order valence-corrected chi connectivity index (χ1v) is 9.39. The summed E-state index contributed by atoms with van der Waals surface area (Å²) in [5.41, 5.74) is 0.854. The standard InChI is InChI=1S/C16H26NO5P/c1-5-21-23(19,22-6-2)15(17-13(3)4)16(18)20-12-14-10-8-7-9-11-14/h7-11,13,15,17H,5-6,12H2,1-4H3. The highest BCUT2D eigenvalue weighted by atomic mass is 31.2. The number of benzene rings is 1. The van der Waals surface area contributed by atoms with Gasteiger partial charge in [0, 0.05) is 6.04 Å². The van der Waals surface area contributed by atoms with Crippen LogP contribution in [0.5, 0.6) is 0 Å². The predicted octanol–water partition coefficient (Wildman–Crippen LogP) is 3.32. The number of nitrogens with one attached hydrogen (secondary N) is 1. The molecule has 6 nitrogen and oxygen atoms in total. The van der Waals surface area contributed by atoms with E-state index in [4.69, 9.17) is 13.8 Å². The molecule has 23 heavy (non-hydrogen) atoms. The molecule has 0 saturated carbocycles. The zero-order chi connectivity index (χ0) is 17.3. The summed E-state index contributed by atoms with van der Waals surface area (Å²) in [5, 5.41) is 2.94. The van der Waals surface area contributed by atoms with E-state index in [1.54, 1.807) is 13.8 Å². The molecule has 1 rings (SSSR count). The lowest BCUT2D eigenvalue weighted by Gasteiger charge is -2.27. The van der Waals surface area contributed by atoms with Gasteiger partial charge in [-0.2, -0.15) is 0 Å². The Labute approximate surface area is 138 Å². The monoisotopic (exact) mass is 343 g/mol. The third-order valence-electron chi connectivity index (χ3n) is 2.87. The van der Waals surface area contributed by atoms with E-state index >= 15 is 0 Å². The van der Waals surface area contributed by atoms with Crippen LogP contribution < -0.4 is 5.32 Å². The van der Waals surface area contributed by atoms with Gasteiger partial charge in [0.2, 0.25) is 5.78 Å². The van der Waals surface area contributed by atoms with Crippen LogP contribution in [0, 0.1) is 0 Å². The molecule has 0 bridgehead atoms. The van der Waals surface area contributed by atoms with Crippen molar-refractivity contribution >= 4 is 13.6 Å². The Morgan fingerprint density at radius 3 is 2.17 bits per heavy atom. The first-order valence-electron chi connectivity index (χ1n) is 7.78. The third-order valence-corrected chi connectivity index (χ3v) is 5.10. The molecule has 0 heterocycles. The van der Waals surface area contributed by atoms with Crippen molar-refractivity contribution in [2.24, 2.45) is 0 Å². The first-order chi connectivity index (χ1) is 10.9. The van der Waals surface area contributed by atoms with Crippen molar-refractivity contribution in [3.8, 4) is 0 Å². The number of ether oxygens (including phenoxy) is 1. The van der Waals surface area contributed by atoms with Crippen LogP contribution in [-0.4, -0.2) is 31.0 Å². The fourth-order valence-electron chi connectivity index (χ4n) is 1.96. The topological polar surface area (TPSA) is 73.9 Å². The van der Waals surface area contributed by atoms with Crippen molar-refractivity contribution in [1.82, 2.24) is 5.32 Å². The summed E-state index contributed by atoms with van der Waals surface area (Å²) in [6.07, 6.45) is 0. The quantitative estimate of drug-likeness (QED) is 0.519. The maximum atomic E-state index is 12.9. The normalized spacial score (nSPS) is 13.1. The highest BCUT2D eigenvalue weighted by molar-refractivity contribution is 7.55. The van der Waals surface area contributed by atoms with Crippen molar-refractivity contribution in [2.45, 2.75) is 46.1 Å². The van der Waals surface area contributed by atoms with E-state index in [0.29, 0.717) is 0 Å². The SMILES string of the molecule is CCOP(=O)(OCC)C(NC(C)C)C(=O)OCc1ccccc1. The number of carbonyl (C=O) groups is 1. The van der Waals surface area contributed by atoms with Crippen LogP contribution in [-0.2, 0) is 29.8 Å². The van der Waals surface area contributed by atoms with Crippen molar-refractivity contribution in [1.29, 1.82) is 0 Å². The van der Waals surface area contributed by atoms with Crippen molar-refractivity contribution < 1.29 is 23.1 Å². The molecule has 0 aliphatic heterocycles. The van der Waals surface area contributed by atoms with Crippen LogP contribution in [0.3, 0.4) is 0 Å². The number of rotatable bonds is 10. The summed E-state index contributed by atoms with van der Waals surface area (Å²) in [5.74, 6) is -1.79. The van der Waals surface area contributed by atoms with Gasteiger partial charge < -0.3 is 13.8 Å². The Balaban J connectivity index is 2.86. The van der Waals surface area contributed by atoms with Crippen LogP contribution >= 0.6 is 7.60 Å². The maximum absolute atomic E-state index is 12.9. The molecule has 0 aliphatic carbocycles. The molecule has 0 radical (unpaired) electrons. The minimum absolute atomic E-state index is 0.0847. The number of hydrogen-bond acceptors (Lipinski definition) is 6. The Morgan fingerprint density at radius 1 is 1.13 bits per heavy atom. The van der Waals surface area contributed by atoms with Crippen LogP contribution in [0.2, 0.25) is 0 Å². The lowest BCUT2D eigenvalue weighted by molar-refractivity contribution is -0.145. The minimum Gasteiger partial charge on any atom is -0.459 e. The molecule has 130 valence electrons. The Morgan fingerprint density at radius 2 is 1.70 bits per heavy atom. The molecule has 0 aromatic heterocycles. The lowest BCUT2D eigenvalue weighted by Crippen LogP contribution is -2.42. The van der Waals surface area contributed by atoms with Gasteiger partial charge in [-0.05, 0) is 33.3 Å². The van der Waals surface area contributed by atoms with E-state index in [0.717, 1.165) is 5.56 Å². The minimum atomic E-state index is -3.65. The van der Waals surface area contributed by atoms with Gasteiger partial charge in [-0.15, -0.1) is 0 Å². The molecular weight excluding hydrogens is 317 g/mol. The highest BCUT2D eigenvalue weighted by Gasteiger charge is 2.42. The van der Waals surface area contributed by atoms with Crippen molar-refractivity contribution in [3.05, 3.63) is 35.9 Å². The number of esters is 1. The molecule has 7 heteroatoms. The molecule has 0 aliphatic rings. The first kappa shape index (κ1) is 19.8. The summed E-state index contributed by atoms with van der Waals surface area (Å²) >= 11 is 0. The molecule has 1 atom stereocenters. The summed E-state index contributed by atoms with van der Waals surface area (Å²) in [6, 6.07) is 9.22. The van der Waals surface area contributed by atoms with Gasteiger partial charge in [-0.1, -0.05) is 30.3 Å². The van der Waals surface area contributed by atoms with Crippen LogP contribution in [0.4, 0.5) is 0 Å². The van der Waals surface area contributed by atoms with Gasteiger partial charge >= 0.3 is 13.6 Å². The van der Waals surface area contributed by atoms with Crippen LogP contribution in [0.15, 0.2) is 30.3 Å². The van der Waals surface area contributed by atoms with Gasteiger partial charge in [-0.3, -0.25) is 9.88 Å². The van der Waals surface area contributed by atoms with E-state index in [9.17, 15) is 9.36 Å². The Bertz CT molecular complexity index is 510. The maximum Gasteiger partial charge on any atom is 0.358 e. The zero-order valence-corrected chi connectivity index (χ0v) is 15.0. The van der Waals surface area contributed by atoms with Gasteiger partial charge in [0.1, 0.15) is 6.61 Å². The van der Waals surface area contributed by atoms with Crippen molar-refractivity contribution in [3.63, 3.8) is 0 Å². The summed E-state index contributed by atoms with van der Waals surface area (Å²) in [7, 11) is -3.65. The summed E-state index contributed by atoms with van der Waals surface area (Å²) in [4.78, 5) is 12.4. The molecule has 0 fully saturated rings.